The van der Waals surface area contributed by atoms with Gasteiger partial charge in [-0.15, -0.1) is 0 Å². The molecule has 2 heterocycles. The van der Waals surface area contributed by atoms with Crippen molar-refractivity contribution in [2.24, 2.45) is 7.05 Å². The highest BCUT2D eigenvalue weighted by atomic mass is 15.0. The van der Waals surface area contributed by atoms with E-state index >= 15 is 0 Å². The predicted molar refractivity (Wildman–Crippen MR) is 80.4 cm³/mol. The molecule has 2 aromatic heterocycles. The van der Waals surface area contributed by atoms with Gasteiger partial charge < -0.3 is 14.9 Å². The minimum absolute atomic E-state index is 0.765. The third-order valence-electron chi connectivity index (χ3n) is 3.59. The quantitative estimate of drug-likeness (QED) is 0.764. The molecule has 0 saturated heterocycles. The topological polar surface area (TPSA) is 58.5 Å². The van der Waals surface area contributed by atoms with Gasteiger partial charge in [0.05, 0.1) is 29.5 Å². The van der Waals surface area contributed by atoms with Crippen LogP contribution in [0.25, 0.3) is 22.3 Å². The highest BCUT2D eigenvalue weighted by Crippen LogP contribution is 2.23. The Balaban J connectivity index is 1.95. The number of imidazole rings is 2. The number of benzene rings is 1. The van der Waals surface area contributed by atoms with Crippen LogP contribution in [0, 0.1) is 6.92 Å². The lowest BCUT2D eigenvalue weighted by molar-refractivity contribution is 0.698. The highest BCUT2D eigenvalue weighted by molar-refractivity contribution is 5.81. The maximum Gasteiger partial charge on any atom is 0.120 e. The molecule has 5 nitrogen and oxygen atoms in total. The Morgan fingerprint density at radius 2 is 2.20 bits per heavy atom. The lowest BCUT2D eigenvalue weighted by atomic mass is 10.1. The Hall–Kier alpha value is -2.14. The third-order valence-corrected chi connectivity index (χ3v) is 3.59. The van der Waals surface area contributed by atoms with E-state index in [1.54, 1.807) is 0 Å². The number of hydrogen-bond acceptors (Lipinski definition) is 3. The van der Waals surface area contributed by atoms with Gasteiger partial charge in [-0.25, -0.2) is 9.97 Å². The smallest absolute Gasteiger partial charge is 0.120 e. The summed E-state index contributed by atoms with van der Waals surface area (Å²) in [7, 11) is 2.04. The van der Waals surface area contributed by atoms with Gasteiger partial charge in [-0.05, 0) is 25.6 Å². The molecule has 0 saturated carbocycles. The fourth-order valence-corrected chi connectivity index (χ4v) is 2.33. The average molecular weight is 269 g/mol. The van der Waals surface area contributed by atoms with Gasteiger partial charge in [0, 0.05) is 12.6 Å². The third kappa shape index (κ3) is 2.20. The second kappa shape index (κ2) is 5.09. The summed E-state index contributed by atoms with van der Waals surface area (Å²) in [6.45, 7) is 5.81. The van der Waals surface area contributed by atoms with Crippen LogP contribution in [-0.4, -0.2) is 26.1 Å². The Kier molecular flexibility index (Phi) is 3.28. The van der Waals surface area contributed by atoms with Gasteiger partial charge in [0.25, 0.3) is 0 Å². The standard InChI is InChI=1S/C15H19N5/c1-4-16-9-15-17-8-13(19-15)11-5-6-14-12(7-11)18-10(2)20(14)3/h5-8,16H,4,9H2,1-3H3,(H,17,19). The monoisotopic (exact) mass is 269 g/mol. The van der Waals surface area contributed by atoms with E-state index in [4.69, 9.17) is 0 Å². The number of nitrogens with zero attached hydrogens (tertiary/aromatic N) is 3. The van der Waals surface area contributed by atoms with Crippen LogP contribution >= 0.6 is 0 Å². The average Bonchev–Trinajstić information content (AvgIpc) is 3.02. The van der Waals surface area contributed by atoms with Gasteiger partial charge >= 0.3 is 0 Å². The van der Waals surface area contributed by atoms with Crippen LogP contribution in [0.1, 0.15) is 18.6 Å². The molecule has 0 aliphatic heterocycles. The first-order valence-electron chi connectivity index (χ1n) is 6.87. The lowest BCUT2D eigenvalue weighted by Crippen LogP contribution is -2.12. The molecule has 0 amide bonds. The molecule has 0 unspecified atom stereocenters. The number of hydrogen-bond donors (Lipinski definition) is 2. The van der Waals surface area contributed by atoms with Crippen molar-refractivity contribution < 1.29 is 0 Å². The molecule has 0 fully saturated rings. The number of aromatic nitrogens is 4. The molecule has 0 aliphatic carbocycles. The fourth-order valence-electron chi connectivity index (χ4n) is 2.33. The van der Waals surface area contributed by atoms with E-state index in [0.29, 0.717) is 0 Å². The molecule has 5 heteroatoms. The van der Waals surface area contributed by atoms with Crippen LogP contribution in [0.5, 0.6) is 0 Å². The normalized spacial score (nSPS) is 11.3. The van der Waals surface area contributed by atoms with Crippen molar-refractivity contribution >= 4 is 11.0 Å². The zero-order valence-corrected chi connectivity index (χ0v) is 12.1. The first kappa shape index (κ1) is 12.9. The zero-order valence-electron chi connectivity index (χ0n) is 12.1. The molecule has 0 bridgehead atoms. The molecule has 0 aliphatic rings. The van der Waals surface area contributed by atoms with E-state index in [1.165, 1.54) is 0 Å². The molecular weight excluding hydrogens is 250 g/mol. The first-order chi connectivity index (χ1) is 9.69. The molecule has 3 aromatic rings. The number of aryl methyl sites for hydroxylation is 2. The molecule has 0 radical (unpaired) electrons. The van der Waals surface area contributed by atoms with Gasteiger partial charge in [0.15, 0.2) is 0 Å². The van der Waals surface area contributed by atoms with E-state index in [2.05, 4.69) is 50.0 Å². The summed E-state index contributed by atoms with van der Waals surface area (Å²) < 4.78 is 2.10. The maximum atomic E-state index is 4.57. The first-order valence-corrected chi connectivity index (χ1v) is 6.87. The number of nitrogens with one attached hydrogen (secondary N) is 2. The highest BCUT2D eigenvalue weighted by Gasteiger charge is 2.08. The van der Waals surface area contributed by atoms with Crippen LogP contribution in [0.15, 0.2) is 24.4 Å². The van der Waals surface area contributed by atoms with E-state index < -0.39 is 0 Å². The van der Waals surface area contributed by atoms with Crippen molar-refractivity contribution in [1.29, 1.82) is 0 Å². The van der Waals surface area contributed by atoms with Gasteiger partial charge in [0.2, 0.25) is 0 Å². The van der Waals surface area contributed by atoms with Crippen LogP contribution in [0.3, 0.4) is 0 Å². The van der Waals surface area contributed by atoms with Gasteiger partial charge in [-0.1, -0.05) is 13.0 Å². The van der Waals surface area contributed by atoms with E-state index in [9.17, 15) is 0 Å². The number of rotatable bonds is 4. The zero-order chi connectivity index (χ0) is 14.1. The molecule has 20 heavy (non-hydrogen) atoms. The van der Waals surface area contributed by atoms with Gasteiger partial charge in [-0.3, -0.25) is 0 Å². The van der Waals surface area contributed by atoms with Crippen LogP contribution in [0.4, 0.5) is 0 Å². The molecule has 3 rings (SSSR count). The van der Waals surface area contributed by atoms with E-state index in [-0.39, 0.29) is 0 Å². The second-order valence-electron chi connectivity index (χ2n) is 4.95. The van der Waals surface area contributed by atoms with Crippen molar-refractivity contribution in [3.05, 3.63) is 36.0 Å². The summed E-state index contributed by atoms with van der Waals surface area (Å²) in [5.41, 5.74) is 4.32. The Labute approximate surface area is 118 Å². The molecule has 2 N–H and O–H groups in total. The maximum absolute atomic E-state index is 4.57. The molecule has 0 spiro atoms. The van der Waals surface area contributed by atoms with Crippen LogP contribution in [0.2, 0.25) is 0 Å². The van der Waals surface area contributed by atoms with Crippen LogP contribution < -0.4 is 5.32 Å². The SMILES string of the molecule is CCNCc1ncc(-c2ccc3c(c2)nc(C)n3C)[nH]1. The molecule has 1 aromatic carbocycles. The molecule has 0 atom stereocenters. The van der Waals surface area contributed by atoms with Crippen molar-refractivity contribution in [2.45, 2.75) is 20.4 Å². The Morgan fingerprint density at radius 3 is 3.00 bits per heavy atom. The van der Waals surface area contributed by atoms with E-state index in [1.807, 2.05) is 20.2 Å². The molecular formula is C15H19N5. The van der Waals surface area contributed by atoms with Crippen molar-refractivity contribution in [1.82, 2.24) is 24.8 Å². The lowest BCUT2D eigenvalue weighted by Gasteiger charge is -2.00. The summed E-state index contributed by atoms with van der Waals surface area (Å²) in [5, 5.41) is 3.26. The summed E-state index contributed by atoms with van der Waals surface area (Å²) in [6, 6.07) is 6.32. The number of fused-ring (bicyclic) bond motifs is 1. The number of aromatic amines is 1. The summed E-state index contributed by atoms with van der Waals surface area (Å²) >= 11 is 0. The largest absolute Gasteiger partial charge is 0.341 e. The van der Waals surface area contributed by atoms with Gasteiger partial charge in [-0.2, -0.15) is 0 Å². The van der Waals surface area contributed by atoms with E-state index in [0.717, 1.165) is 47.0 Å². The van der Waals surface area contributed by atoms with Crippen LogP contribution in [-0.2, 0) is 13.6 Å². The fraction of sp³-hybridized carbons (Fsp3) is 0.333. The molecule has 104 valence electrons. The Morgan fingerprint density at radius 1 is 1.35 bits per heavy atom. The number of H-pyrrole nitrogens is 1. The van der Waals surface area contributed by atoms with Crippen molar-refractivity contribution in [3.63, 3.8) is 0 Å². The minimum atomic E-state index is 0.765. The van der Waals surface area contributed by atoms with Gasteiger partial charge in [0.1, 0.15) is 11.6 Å². The van der Waals surface area contributed by atoms with Crippen molar-refractivity contribution in [3.8, 4) is 11.3 Å². The summed E-state index contributed by atoms with van der Waals surface area (Å²) in [5.74, 6) is 1.98. The summed E-state index contributed by atoms with van der Waals surface area (Å²) in [6.07, 6.45) is 1.88. The van der Waals surface area contributed by atoms with Crippen molar-refractivity contribution in [2.75, 3.05) is 6.54 Å². The minimum Gasteiger partial charge on any atom is -0.341 e. The second-order valence-corrected chi connectivity index (χ2v) is 4.95. The summed E-state index contributed by atoms with van der Waals surface area (Å²) in [4.78, 5) is 12.3. The Bertz CT molecular complexity index is 738. The predicted octanol–water partition coefficient (Wildman–Crippen LogP) is 2.38.